The topological polar surface area (TPSA) is 13.1 Å². The molecule has 10 rings (SSSR count). The molecule has 0 aliphatic carbocycles. The van der Waals surface area contributed by atoms with E-state index in [-0.39, 0.29) is 0 Å². The summed E-state index contributed by atoms with van der Waals surface area (Å²) in [6, 6.07) is 61.5. The third-order valence-electron chi connectivity index (χ3n) is 9.86. The van der Waals surface area contributed by atoms with Crippen LogP contribution in [0.5, 0.6) is 0 Å². The lowest BCUT2D eigenvalue weighted by molar-refractivity contribution is 0.673. The Morgan fingerprint density at radius 3 is 1.45 bits per heavy atom. The lowest BCUT2D eigenvalue weighted by atomic mass is 9.82. The minimum atomic E-state index is 0.907. The van der Waals surface area contributed by atoms with Gasteiger partial charge in [-0.15, -0.1) is 0 Å². The van der Waals surface area contributed by atoms with Crippen LogP contribution in [0.1, 0.15) is 0 Å². The molecule has 47 heavy (non-hydrogen) atoms. The highest BCUT2D eigenvalue weighted by molar-refractivity contribution is 6.25. The number of hydrogen-bond acceptors (Lipinski definition) is 1. The predicted octanol–water partition coefficient (Wildman–Crippen LogP) is 13.2. The normalized spacial score (nSPS) is 11.8. The molecule has 0 bridgehead atoms. The van der Waals surface area contributed by atoms with Crippen molar-refractivity contribution >= 4 is 65.0 Å². The molecule has 0 aliphatic rings. The second-order valence-electron chi connectivity index (χ2n) is 12.4. The molecule has 0 atom stereocenters. The fourth-order valence-corrected chi connectivity index (χ4v) is 7.87. The molecule has 0 radical (unpaired) electrons. The molecule has 10 aromatic rings. The fraction of sp³-hybridized carbons (Fsp3) is 0. The molecule has 0 spiro atoms. The summed E-state index contributed by atoms with van der Waals surface area (Å²) in [6.45, 7) is 0. The first-order valence-corrected chi connectivity index (χ1v) is 16.2. The molecule has 0 fully saturated rings. The molecule has 0 N–H and O–H groups in total. The maximum atomic E-state index is 6.61. The molecule has 0 saturated carbocycles. The van der Waals surface area contributed by atoms with Crippen molar-refractivity contribution in [1.29, 1.82) is 0 Å². The second kappa shape index (κ2) is 10.2. The molecule has 1 nitrogen and oxygen atoms in total. The van der Waals surface area contributed by atoms with E-state index in [1.165, 1.54) is 71.1 Å². The highest BCUT2D eigenvalue weighted by Gasteiger charge is 2.21. The first-order chi connectivity index (χ1) is 23.3. The van der Waals surface area contributed by atoms with Crippen LogP contribution in [0.3, 0.4) is 0 Å². The lowest BCUT2D eigenvalue weighted by Crippen LogP contribution is -1.93. The molecule has 0 aliphatic heterocycles. The van der Waals surface area contributed by atoms with Crippen molar-refractivity contribution in [1.82, 2.24) is 0 Å². The van der Waals surface area contributed by atoms with E-state index in [1.807, 2.05) is 0 Å². The van der Waals surface area contributed by atoms with Crippen molar-refractivity contribution in [2.24, 2.45) is 0 Å². The quantitative estimate of drug-likeness (QED) is 0.185. The standard InChI is InChI=1S/C46H28O/c1-3-16-31-29(13-1)15-11-24-34(31)43-37-20-7-9-22-39(37)44(40-23-10-8-21-38(40)43)35-19-6-5-18-33(35)36-25-12-26-42-45(36)41-28-27-30-14-2-4-17-32(30)46(41)47-42/h1-28H. The lowest BCUT2D eigenvalue weighted by Gasteiger charge is -2.20. The van der Waals surface area contributed by atoms with Gasteiger partial charge in [-0.05, 0) is 83.2 Å². The summed E-state index contributed by atoms with van der Waals surface area (Å²) in [6.07, 6.45) is 0. The Morgan fingerprint density at radius 1 is 0.277 bits per heavy atom. The number of rotatable bonds is 3. The summed E-state index contributed by atoms with van der Waals surface area (Å²) >= 11 is 0. The average Bonchev–Trinajstić information content (AvgIpc) is 3.53. The first kappa shape index (κ1) is 26.1. The maximum Gasteiger partial charge on any atom is 0.143 e. The Balaban J connectivity index is 1.31. The first-order valence-electron chi connectivity index (χ1n) is 16.2. The van der Waals surface area contributed by atoms with E-state index in [1.54, 1.807) is 0 Å². The molecule has 0 unspecified atom stereocenters. The van der Waals surface area contributed by atoms with Crippen molar-refractivity contribution in [3.8, 4) is 33.4 Å². The fourth-order valence-electron chi connectivity index (χ4n) is 7.87. The van der Waals surface area contributed by atoms with Crippen LogP contribution >= 0.6 is 0 Å². The minimum absolute atomic E-state index is 0.907. The molecular formula is C46H28O. The van der Waals surface area contributed by atoms with Crippen molar-refractivity contribution in [2.75, 3.05) is 0 Å². The van der Waals surface area contributed by atoms with E-state index in [2.05, 4.69) is 170 Å². The van der Waals surface area contributed by atoms with Gasteiger partial charge in [0.05, 0.1) is 0 Å². The van der Waals surface area contributed by atoms with E-state index in [0.29, 0.717) is 0 Å². The summed E-state index contributed by atoms with van der Waals surface area (Å²) in [5.41, 5.74) is 9.24. The van der Waals surface area contributed by atoms with Crippen molar-refractivity contribution in [3.63, 3.8) is 0 Å². The molecule has 0 amide bonds. The van der Waals surface area contributed by atoms with Gasteiger partial charge in [-0.3, -0.25) is 0 Å². The van der Waals surface area contributed by atoms with Gasteiger partial charge in [0.1, 0.15) is 11.2 Å². The van der Waals surface area contributed by atoms with Gasteiger partial charge >= 0.3 is 0 Å². The van der Waals surface area contributed by atoms with Crippen LogP contribution in [-0.2, 0) is 0 Å². The molecule has 1 heterocycles. The molecule has 218 valence electrons. The number of furan rings is 1. The Bertz CT molecular complexity index is 2790. The number of hydrogen-bond donors (Lipinski definition) is 0. The Morgan fingerprint density at radius 2 is 0.745 bits per heavy atom. The van der Waals surface area contributed by atoms with Crippen LogP contribution in [-0.4, -0.2) is 0 Å². The van der Waals surface area contributed by atoms with E-state index in [0.717, 1.165) is 27.3 Å². The van der Waals surface area contributed by atoms with E-state index >= 15 is 0 Å². The maximum absolute atomic E-state index is 6.61. The molecule has 1 heteroatoms. The molecule has 1 aromatic heterocycles. The summed E-state index contributed by atoms with van der Waals surface area (Å²) in [7, 11) is 0. The van der Waals surface area contributed by atoms with Gasteiger partial charge in [0.2, 0.25) is 0 Å². The average molecular weight is 597 g/mol. The zero-order valence-corrected chi connectivity index (χ0v) is 25.6. The monoisotopic (exact) mass is 596 g/mol. The largest absolute Gasteiger partial charge is 0.455 e. The van der Waals surface area contributed by atoms with E-state index in [9.17, 15) is 0 Å². The van der Waals surface area contributed by atoms with Gasteiger partial charge in [0.15, 0.2) is 0 Å². The van der Waals surface area contributed by atoms with Gasteiger partial charge < -0.3 is 4.42 Å². The van der Waals surface area contributed by atoms with Crippen molar-refractivity contribution in [2.45, 2.75) is 0 Å². The highest BCUT2D eigenvalue weighted by Crippen LogP contribution is 2.48. The molecular weight excluding hydrogens is 569 g/mol. The predicted molar refractivity (Wildman–Crippen MR) is 200 cm³/mol. The highest BCUT2D eigenvalue weighted by atomic mass is 16.3. The van der Waals surface area contributed by atoms with E-state index < -0.39 is 0 Å². The van der Waals surface area contributed by atoms with Gasteiger partial charge in [-0.1, -0.05) is 158 Å². The summed E-state index contributed by atoms with van der Waals surface area (Å²) in [5.74, 6) is 0. The van der Waals surface area contributed by atoms with Gasteiger partial charge in [-0.25, -0.2) is 0 Å². The smallest absolute Gasteiger partial charge is 0.143 e. The molecule has 0 saturated heterocycles. The third-order valence-corrected chi connectivity index (χ3v) is 9.86. The Kier molecular flexibility index (Phi) is 5.64. The van der Waals surface area contributed by atoms with Crippen LogP contribution in [0, 0.1) is 0 Å². The summed E-state index contributed by atoms with van der Waals surface area (Å²) in [4.78, 5) is 0. The molecule has 9 aromatic carbocycles. The summed E-state index contributed by atoms with van der Waals surface area (Å²) < 4.78 is 6.61. The van der Waals surface area contributed by atoms with Crippen LogP contribution < -0.4 is 0 Å². The Labute approximate surface area is 271 Å². The third kappa shape index (κ3) is 3.84. The van der Waals surface area contributed by atoms with Crippen molar-refractivity contribution in [3.05, 3.63) is 170 Å². The second-order valence-corrected chi connectivity index (χ2v) is 12.4. The SMILES string of the molecule is c1ccc(-c2cccc3oc4c5ccccc5ccc4c23)c(-c2c3ccccc3c(-c3cccc4ccccc34)c3ccccc23)c1. The minimum Gasteiger partial charge on any atom is -0.455 e. The zero-order valence-electron chi connectivity index (χ0n) is 25.6. The van der Waals surface area contributed by atoms with Gasteiger partial charge in [0, 0.05) is 16.2 Å². The van der Waals surface area contributed by atoms with Gasteiger partial charge in [-0.2, -0.15) is 0 Å². The zero-order chi connectivity index (χ0) is 30.9. The van der Waals surface area contributed by atoms with Gasteiger partial charge in [0.25, 0.3) is 0 Å². The number of fused-ring (bicyclic) bond motifs is 8. The van der Waals surface area contributed by atoms with Crippen LogP contribution in [0.25, 0.3) is 98.4 Å². The number of benzene rings is 9. The summed E-state index contributed by atoms with van der Waals surface area (Å²) in [5, 5.41) is 12.1. The van der Waals surface area contributed by atoms with Crippen LogP contribution in [0.2, 0.25) is 0 Å². The van der Waals surface area contributed by atoms with Crippen molar-refractivity contribution < 1.29 is 4.42 Å². The van der Waals surface area contributed by atoms with Crippen LogP contribution in [0.15, 0.2) is 174 Å². The van der Waals surface area contributed by atoms with E-state index in [4.69, 9.17) is 4.42 Å². The Hall–Kier alpha value is -6.18. The van der Waals surface area contributed by atoms with Crippen LogP contribution in [0.4, 0.5) is 0 Å².